The van der Waals surface area contributed by atoms with Gasteiger partial charge in [-0.3, -0.25) is 14.9 Å². The molecule has 2 saturated heterocycles. The first-order valence-electron chi connectivity index (χ1n) is 6.95. The second-order valence-corrected chi connectivity index (χ2v) is 5.85. The van der Waals surface area contributed by atoms with Crippen LogP contribution in [0.5, 0.6) is 0 Å². The first-order chi connectivity index (χ1) is 9.37. The Morgan fingerprint density at radius 3 is 2.62 bits per heavy atom. The van der Waals surface area contributed by atoms with Crippen molar-refractivity contribution < 1.29 is 14.4 Å². The molecule has 0 aromatic carbocycles. The highest BCUT2D eigenvalue weighted by molar-refractivity contribution is 6.07. The van der Waals surface area contributed by atoms with Crippen LogP contribution in [0.15, 0.2) is 0 Å². The number of nitrogens with one attached hydrogen (secondary N) is 2. The zero-order chi connectivity index (χ0) is 14.9. The first kappa shape index (κ1) is 17.7. The Kier molecular flexibility index (Phi) is 5.58. The maximum Gasteiger partial charge on any atom is 0.325 e. The van der Waals surface area contributed by atoms with Crippen LogP contribution in [0.3, 0.4) is 0 Å². The Balaban J connectivity index is 0.00000220. The molecular formula is C13H23ClN4O3. The number of nitrogens with zero attached hydrogens (tertiary/aromatic N) is 2. The molecule has 2 N–H and O–H groups in total. The standard InChI is InChI=1S/C13H22N4O3.ClH/c1-13(2)11(19)15-12(20)17(13)8-10(18)16-6-4-5-9(16)7-14-3;/h9,14H,4-8H2,1-3H3,(H,15,19,20);1H. The lowest BCUT2D eigenvalue weighted by Crippen LogP contribution is -2.51. The Labute approximate surface area is 130 Å². The fourth-order valence-electron chi connectivity index (χ4n) is 2.80. The average molecular weight is 319 g/mol. The van der Waals surface area contributed by atoms with E-state index in [2.05, 4.69) is 10.6 Å². The van der Waals surface area contributed by atoms with Gasteiger partial charge in [0.25, 0.3) is 5.91 Å². The van der Waals surface area contributed by atoms with E-state index in [4.69, 9.17) is 0 Å². The molecule has 0 saturated carbocycles. The molecular weight excluding hydrogens is 296 g/mol. The van der Waals surface area contributed by atoms with Crippen LogP contribution in [-0.2, 0) is 9.59 Å². The van der Waals surface area contributed by atoms with Crippen molar-refractivity contribution in [3.8, 4) is 0 Å². The van der Waals surface area contributed by atoms with E-state index in [0.717, 1.165) is 25.9 Å². The maximum atomic E-state index is 12.4. The molecule has 7 nitrogen and oxygen atoms in total. The van der Waals surface area contributed by atoms with Crippen molar-refractivity contribution in [1.82, 2.24) is 20.4 Å². The Hall–Kier alpha value is -1.34. The van der Waals surface area contributed by atoms with Gasteiger partial charge in [0.05, 0.1) is 0 Å². The van der Waals surface area contributed by atoms with Crippen molar-refractivity contribution in [3.63, 3.8) is 0 Å². The third-order valence-corrected chi connectivity index (χ3v) is 4.13. The second kappa shape index (κ2) is 6.62. The summed E-state index contributed by atoms with van der Waals surface area (Å²) in [5, 5.41) is 5.33. The van der Waals surface area contributed by atoms with Crippen LogP contribution in [0, 0.1) is 0 Å². The van der Waals surface area contributed by atoms with E-state index in [1.54, 1.807) is 13.8 Å². The smallest absolute Gasteiger partial charge is 0.325 e. The Morgan fingerprint density at radius 2 is 2.10 bits per heavy atom. The Bertz CT molecular complexity index is 441. The van der Waals surface area contributed by atoms with Gasteiger partial charge in [-0.1, -0.05) is 0 Å². The fourth-order valence-corrected chi connectivity index (χ4v) is 2.80. The largest absolute Gasteiger partial charge is 0.337 e. The molecule has 0 bridgehead atoms. The maximum absolute atomic E-state index is 12.4. The number of halogens is 1. The number of amides is 4. The summed E-state index contributed by atoms with van der Waals surface area (Å²) in [6, 6.07) is -0.310. The summed E-state index contributed by atoms with van der Waals surface area (Å²) >= 11 is 0. The molecule has 8 heteroatoms. The molecule has 2 fully saturated rings. The van der Waals surface area contributed by atoms with Crippen molar-refractivity contribution in [2.24, 2.45) is 0 Å². The van der Waals surface area contributed by atoms with Crippen molar-refractivity contribution in [2.75, 3.05) is 26.7 Å². The molecule has 0 spiro atoms. The van der Waals surface area contributed by atoms with Crippen molar-refractivity contribution in [2.45, 2.75) is 38.3 Å². The molecule has 4 amide bonds. The van der Waals surface area contributed by atoms with Crippen LogP contribution < -0.4 is 10.6 Å². The van der Waals surface area contributed by atoms with E-state index in [-0.39, 0.29) is 36.8 Å². The van der Waals surface area contributed by atoms with E-state index in [9.17, 15) is 14.4 Å². The van der Waals surface area contributed by atoms with Gasteiger partial charge in [-0.05, 0) is 33.7 Å². The summed E-state index contributed by atoms with van der Waals surface area (Å²) < 4.78 is 0. The minimum Gasteiger partial charge on any atom is -0.337 e. The van der Waals surface area contributed by atoms with Crippen molar-refractivity contribution in [1.29, 1.82) is 0 Å². The molecule has 21 heavy (non-hydrogen) atoms. The number of hydrogen-bond donors (Lipinski definition) is 2. The molecule has 0 aliphatic carbocycles. The van der Waals surface area contributed by atoms with Gasteiger partial charge >= 0.3 is 6.03 Å². The number of rotatable bonds is 4. The SMILES string of the molecule is CNCC1CCCN1C(=O)CN1C(=O)NC(=O)C1(C)C.Cl. The third-order valence-electron chi connectivity index (χ3n) is 4.13. The van der Waals surface area contributed by atoms with Gasteiger partial charge in [0, 0.05) is 19.1 Å². The lowest BCUT2D eigenvalue weighted by atomic mass is 10.0. The average Bonchev–Trinajstić information content (AvgIpc) is 2.89. The quantitative estimate of drug-likeness (QED) is 0.712. The van der Waals surface area contributed by atoms with Crippen LogP contribution in [-0.4, -0.2) is 65.9 Å². The van der Waals surface area contributed by atoms with Crippen molar-refractivity contribution >= 4 is 30.3 Å². The topological polar surface area (TPSA) is 81.8 Å². The van der Waals surface area contributed by atoms with Gasteiger partial charge in [-0.25, -0.2) is 4.79 Å². The van der Waals surface area contributed by atoms with Crippen LogP contribution >= 0.6 is 12.4 Å². The number of likely N-dealkylation sites (N-methyl/N-ethyl adjacent to an activating group) is 1. The van der Waals surface area contributed by atoms with E-state index in [0.29, 0.717) is 0 Å². The molecule has 0 aromatic rings. The monoisotopic (exact) mass is 318 g/mol. The number of imide groups is 1. The molecule has 2 heterocycles. The highest BCUT2D eigenvalue weighted by Gasteiger charge is 2.47. The van der Waals surface area contributed by atoms with Crippen molar-refractivity contribution in [3.05, 3.63) is 0 Å². The number of hydrogen-bond acceptors (Lipinski definition) is 4. The summed E-state index contributed by atoms with van der Waals surface area (Å²) in [5.74, 6) is -0.454. The minimum atomic E-state index is -0.967. The van der Waals surface area contributed by atoms with Gasteiger partial charge in [-0.15, -0.1) is 12.4 Å². The molecule has 0 aromatic heterocycles. The zero-order valence-corrected chi connectivity index (χ0v) is 13.5. The summed E-state index contributed by atoms with van der Waals surface area (Å²) in [6.07, 6.45) is 1.95. The van der Waals surface area contributed by atoms with Gasteiger partial charge in [-0.2, -0.15) is 0 Å². The van der Waals surface area contributed by atoms with Crippen LogP contribution in [0.25, 0.3) is 0 Å². The summed E-state index contributed by atoms with van der Waals surface area (Å²) in [6.45, 7) is 4.71. The van der Waals surface area contributed by atoms with Crippen LogP contribution in [0.1, 0.15) is 26.7 Å². The Morgan fingerprint density at radius 1 is 1.43 bits per heavy atom. The fraction of sp³-hybridized carbons (Fsp3) is 0.769. The molecule has 2 rings (SSSR count). The van der Waals surface area contributed by atoms with Gasteiger partial charge < -0.3 is 15.1 Å². The summed E-state index contributed by atoms with van der Waals surface area (Å²) in [4.78, 5) is 39.0. The number of urea groups is 1. The zero-order valence-electron chi connectivity index (χ0n) is 12.6. The van der Waals surface area contributed by atoms with Gasteiger partial charge in [0.15, 0.2) is 0 Å². The number of likely N-dealkylation sites (tertiary alicyclic amines) is 1. The van der Waals surface area contributed by atoms with Gasteiger partial charge in [0.2, 0.25) is 5.91 Å². The normalized spacial score (nSPS) is 24.0. The van der Waals surface area contributed by atoms with Gasteiger partial charge in [0.1, 0.15) is 12.1 Å². The molecule has 1 atom stereocenters. The minimum absolute atomic E-state index is 0. The summed E-state index contributed by atoms with van der Waals surface area (Å²) in [7, 11) is 1.86. The highest BCUT2D eigenvalue weighted by atomic mass is 35.5. The molecule has 2 aliphatic heterocycles. The highest BCUT2D eigenvalue weighted by Crippen LogP contribution is 2.22. The lowest BCUT2D eigenvalue weighted by Gasteiger charge is -2.31. The lowest BCUT2D eigenvalue weighted by molar-refractivity contribution is -0.134. The molecule has 0 radical (unpaired) electrons. The summed E-state index contributed by atoms with van der Waals surface area (Å²) in [5.41, 5.74) is -0.967. The molecule has 2 aliphatic rings. The predicted molar refractivity (Wildman–Crippen MR) is 80.2 cm³/mol. The molecule has 120 valence electrons. The number of carbonyl (C=O) groups excluding carboxylic acids is 3. The predicted octanol–water partition coefficient (Wildman–Crippen LogP) is -0.0510. The van der Waals surface area contributed by atoms with E-state index < -0.39 is 11.6 Å². The van der Waals surface area contributed by atoms with E-state index >= 15 is 0 Å². The number of carbonyl (C=O) groups is 3. The third kappa shape index (κ3) is 3.29. The van der Waals surface area contributed by atoms with E-state index in [1.165, 1.54) is 4.90 Å². The molecule has 1 unspecified atom stereocenters. The van der Waals surface area contributed by atoms with Crippen LogP contribution in [0.2, 0.25) is 0 Å². The van der Waals surface area contributed by atoms with E-state index in [1.807, 2.05) is 11.9 Å². The van der Waals surface area contributed by atoms with Crippen LogP contribution in [0.4, 0.5) is 4.79 Å². The first-order valence-corrected chi connectivity index (χ1v) is 6.95. The second-order valence-electron chi connectivity index (χ2n) is 5.85.